The van der Waals surface area contributed by atoms with Crippen LogP contribution in [-0.4, -0.2) is 50.8 Å². The molecular weight excluding hydrogens is 274 g/mol. The van der Waals surface area contributed by atoms with Crippen molar-refractivity contribution in [3.05, 3.63) is 30.1 Å². The molecule has 5 nitrogen and oxygen atoms in total. The fraction of sp³-hybridized carbons (Fsp3) is 0.500. The molecule has 1 aliphatic carbocycles. The molecule has 106 valence electrons. The topological polar surface area (TPSA) is 53.5 Å². The average Bonchev–Trinajstić information content (AvgIpc) is 3.22. The molecule has 0 N–H and O–H groups in total. The number of hydrogen-bond donors (Lipinski definition) is 0. The summed E-state index contributed by atoms with van der Waals surface area (Å²) in [7, 11) is 0. The van der Waals surface area contributed by atoms with Gasteiger partial charge in [0.2, 0.25) is 5.91 Å². The predicted molar refractivity (Wildman–Crippen MR) is 77.2 cm³/mol. The van der Waals surface area contributed by atoms with E-state index in [1.807, 2.05) is 17.0 Å². The zero-order valence-corrected chi connectivity index (χ0v) is 12.0. The molecule has 1 aromatic heterocycles. The van der Waals surface area contributed by atoms with E-state index in [9.17, 15) is 9.59 Å². The van der Waals surface area contributed by atoms with Crippen molar-refractivity contribution < 1.29 is 9.59 Å². The summed E-state index contributed by atoms with van der Waals surface area (Å²) in [4.78, 5) is 31.6. The van der Waals surface area contributed by atoms with E-state index in [0.29, 0.717) is 19.1 Å². The van der Waals surface area contributed by atoms with E-state index in [4.69, 9.17) is 0 Å². The van der Waals surface area contributed by atoms with Gasteiger partial charge in [-0.15, -0.1) is 0 Å². The van der Waals surface area contributed by atoms with Crippen LogP contribution in [0.15, 0.2) is 24.5 Å². The maximum atomic E-state index is 12.4. The number of pyridine rings is 1. The summed E-state index contributed by atoms with van der Waals surface area (Å²) < 4.78 is 0. The van der Waals surface area contributed by atoms with Crippen LogP contribution in [0.2, 0.25) is 0 Å². The Morgan fingerprint density at radius 1 is 1.50 bits per heavy atom. The highest BCUT2D eigenvalue weighted by Crippen LogP contribution is 2.29. The van der Waals surface area contributed by atoms with Crippen molar-refractivity contribution in [2.45, 2.75) is 25.4 Å². The SMILES string of the molecule is O=C1SCCN1CC(=O)N(Cc1cccnc1)C1CC1. The summed E-state index contributed by atoms with van der Waals surface area (Å²) in [5, 5.41) is 0.0236. The summed E-state index contributed by atoms with van der Waals surface area (Å²) in [5.41, 5.74) is 1.04. The third-order valence-corrected chi connectivity index (χ3v) is 4.45. The van der Waals surface area contributed by atoms with Crippen molar-refractivity contribution in [3.63, 3.8) is 0 Å². The van der Waals surface area contributed by atoms with Crippen LogP contribution in [0.4, 0.5) is 4.79 Å². The molecule has 0 aromatic carbocycles. The largest absolute Gasteiger partial charge is 0.334 e. The van der Waals surface area contributed by atoms with E-state index < -0.39 is 0 Å². The predicted octanol–water partition coefficient (Wildman–Crippen LogP) is 1.74. The number of rotatable bonds is 5. The summed E-state index contributed by atoms with van der Waals surface area (Å²) in [6.45, 7) is 1.48. The normalized spacial score (nSPS) is 18.4. The molecule has 2 aliphatic rings. The number of thioether (sulfide) groups is 1. The van der Waals surface area contributed by atoms with Crippen LogP contribution in [0, 0.1) is 0 Å². The lowest BCUT2D eigenvalue weighted by atomic mass is 10.2. The van der Waals surface area contributed by atoms with Crippen LogP contribution in [0.5, 0.6) is 0 Å². The first kappa shape index (κ1) is 13.4. The first-order chi connectivity index (χ1) is 9.74. The van der Waals surface area contributed by atoms with Crippen molar-refractivity contribution >= 4 is 22.9 Å². The van der Waals surface area contributed by atoms with E-state index in [2.05, 4.69) is 4.98 Å². The quantitative estimate of drug-likeness (QED) is 0.829. The van der Waals surface area contributed by atoms with Crippen molar-refractivity contribution in [2.75, 3.05) is 18.8 Å². The molecule has 2 heterocycles. The molecule has 0 unspecified atom stereocenters. The highest BCUT2D eigenvalue weighted by molar-refractivity contribution is 8.13. The average molecular weight is 291 g/mol. The molecule has 1 saturated carbocycles. The Bertz CT molecular complexity index is 504. The van der Waals surface area contributed by atoms with Crippen LogP contribution in [0.1, 0.15) is 18.4 Å². The molecule has 20 heavy (non-hydrogen) atoms. The van der Waals surface area contributed by atoms with Gasteiger partial charge >= 0.3 is 0 Å². The maximum Gasteiger partial charge on any atom is 0.282 e. The van der Waals surface area contributed by atoms with Gasteiger partial charge in [0.25, 0.3) is 5.24 Å². The Labute approximate surface area is 122 Å². The van der Waals surface area contributed by atoms with Crippen LogP contribution >= 0.6 is 11.8 Å². The molecule has 2 fully saturated rings. The van der Waals surface area contributed by atoms with Gasteiger partial charge in [-0.2, -0.15) is 0 Å². The Morgan fingerprint density at radius 3 is 2.95 bits per heavy atom. The van der Waals surface area contributed by atoms with E-state index in [1.165, 1.54) is 11.8 Å². The van der Waals surface area contributed by atoms with Crippen molar-refractivity contribution in [3.8, 4) is 0 Å². The molecule has 1 saturated heterocycles. The third-order valence-electron chi connectivity index (χ3n) is 3.55. The lowest BCUT2D eigenvalue weighted by molar-refractivity contribution is -0.132. The molecule has 1 aliphatic heterocycles. The van der Waals surface area contributed by atoms with E-state index >= 15 is 0 Å². The minimum atomic E-state index is 0.0236. The minimum absolute atomic E-state index is 0.0236. The first-order valence-electron chi connectivity index (χ1n) is 6.84. The van der Waals surface area contributed by atoms with Crippen molar-refractivity contribution in [1.29, 1.82) is 0 Å². The van der Waals surface area contributed by atoms with Crippen molar-refractivity contribution in [1.82, 2.24) is 14.8 Å². The van der Waals surface area contributed by atoms with Gasteiger partial charge in [0, 0.05) is 37.3 Å². The van der Waals surface area contributed by atoms with Gasteiger partial charge < -0.3 is 9.80 Å². The Hall–Kier alpha value is -1.56. The second-order valence-corrected chi connectivity index (χ2v) is 6.20. The molecule has 0 spiro atoms. The fourth-order valence-electron chi connectivity index (χ4n) is 2.32. The molecule has 1 aromatic rings. The van der Waals surface area contributed by atoms with Crippen LogP contribution in [0.25, 0.3) is 0 Å². The van der Waals surface area contributed by atoms with Crippen LogP contribution in [0.3, 0.4) is 0 Å². The molecular formula is C14H17N3O2S. The molecule has 3 rings (SSSR count). The number of aromatic nitrogens is 1. The van der Waals surface area contributed by atoms with E-state index in [1.54, 1.807) is 17.3 Å². The molecule has 0 atom stereocenters. The number of hydrogen-bond acceptors (Lipinski definition) is 4. The molecule has 6 heteroatoms. The molecule has 0 radical (unpaired) electrons. The summed E-state index contributed by atoms with van der Waals surface area (Å²) in [5.74, 6) is 0.838. The zero-order valence-electron chi connectivity index (χ0n) is 11.2. The smallest absolute Gasteiger partial charge is 0.282 e. The minimum Gasteiger partial charge on any atom is -0.334 e. The summed E-state index contributed by atoms with van der Waals surface area (Å²) >= 11 is 1.29. The molecule has 0 bridgehead atoms. The number of carbonyl (C=O) groups excluding carboxylic acids is 2. The van der Waals surface area contributed by atoms with Gasteiger partial charge in [-0.25, -0.2) is 0 Å². The zero-order chi connectivity index (χ0) is 13.9. The summed E-state index contributed by atoms with van der Waals surface area (Å²) in [6, 6.07) is 4.20. The van der Waals surface area contributed by atoms with Gasteiger partial charge in [0.05, 0.1) is 0 Å². The first-order valence-corrected chi connectivity index (χ1v) is 7.82. The fourth-order valence-corrected chi connectivity index (χ4v) is 3.14. The van der Waals surface area contributed by atoms with Gasteiger partial charge in [0.15, 0.2) is 0 Å². The van der Waals surface area contributed by atoms with Crippen LogP contribution in [-0.2, 0) is 11.3 Å². The Morgan fingerprint density at radius 2 is 2.35 bits per heavy atom. The Balaban J connectivity index is 1.64. The number of carbonyl (C=O) groups is 2. The second kappa shape index (κ2) is 5.83. The lowest BCUT2D eigenvalue weighted by Crippen LogP contribution is -2.41. The van der Waals surface area contributed by atoms with Gasteiger partial charge in [0.1, 0.15) is 6.54 Å². The monoisotopic (exact) mass is 291 g/mol. The Kier molecular flexibility index (Phi) is 3.91. The maximum absolute atomic E-state index is 12.4. The lowest BCUT2D eigenvalue weighted by Gasteiger charge is -2.25. The van der Waals surface area contributed by atoms with Crippen molar-refractivity contribution in [2.24, 2.45) is 0 Å². The standard InChI is InChI=1S/C14H17N3O2S/c18-13(10-16-6-7-20-14(16)19)17(12-3-4-12)9-11-2-1-5-15-8-11/h1-2,5,8,12H,3-4,6-7,9-10H2. The van der Waals surface area contributed by atoms with E-state index in [-0.39, 0.29) is 17.7 Å². The molecule has 2 amide bonds. The number of nitrogens with zero attached hydrogens (tertiary/aromatic N) is 3. The second-order valence-electron chi connectivity index (χ2n) is 5.15. The van der Waals surface area contributed by atoms with Crippen LogP contribution < -0.4 is 0 Å². The van der Waals surface area contributed by atoms with Gasteiger partial charge in [-0.05, 0) is 24.5 Å². The van der Waals surface area contributed by atoms with E-state index in [0.717, 1.165) is 24.2 Å². The highest BCUT2D eigenvalue weighted by atomic mass is 32.2. The third kappa shape index (κ3) is 3.12. The highest BCUT2D eigenvalue weighted by Gasteiger charge is 2.34. The summed E-state index contributed by atoms with van der Waals surface area (Å²) in [6.07, 6.45) is 5.65. The van der Waals surface area contributed by atoms with Gasteiger partial charge in [-0.3, -0.25) is 14.6 Å². The number of amides is 2. The van der Waals surface area contributed by atoms with Gasteiger partial charge in [-0.1, -0.05) is 17.8 Å².